The molecule has 0 radical (unpaired) electrons. The van der Waals surface area contributed by atoms with Crippen LogP contribution in [0.4, 0.5) is 5.69 Å². The van der Waals surface area contributed by atoms with Crippen molar-refractivity contribution in [2.45, 2.75) is 11.7 Å². The normalized spacial score (nSPS) is 19.2. The summed E-state index contributed by atoms with van der Waals surface area (Å²) in [4.78, 5) is 25.1. The summed E-state index contributed by atoms with van der Waals surface area (Å²) in [6, 6.07) is 5.13. The van der Waals surface area contributed by atoms with Crippen LogP contribution in [0.25, 0.3) is 0 Å². The number of ether oxygens (including phenoxy) is 1. The molecule has 1 unspecified atom stereocenters. The third-order valence-corrected chi connectivity index (χ3v) is 3.60. The van der Waals surface area contributed by atoms with E-state index in [1.807, 2.05) is 0 Å². The van der Waals surface area contributed by atoms with E-state index in [2.05, 4.69) is 28.6 Å². The molecule has 1 aromatic rings. The lowest BCUT2D eigenvalue weighted by Crippen LogP contribution is -2.26. The van der Waals surface area contributed by atoms with Gasteiger partial charge in [0.1, 0.15) is 0 Å². The lowest BCUT2D eigenvalue weighted by Gasteiger charge is -2.19. The molecule has 96 valence electrons. The number of benzene rings is 1. The van der Waals surface area contributed by atoms with Crippen molar-refractivity contribution in [3.63, 3.8) is 0 Å². The van der Waals surface area contributed by atoms with Crippen molar-refractivity contribution in [1.29, 1.82) is 0 Å². The molecule has 1 aromatic carbocycles. The standard InChI is InChI=1S/C12H12BrNO3S/c1-17-12(16)9-3-2-7(13)4-10(9)14-6-8(18)5-11(14)15/h2-4,8,18H,5-6H2,1H3. The number of nitrogens with zero attached hydrogens (tertiary/aromatic N) is 1. The molecule has 0 N–H and O–H groups in total. The van der Waals surface area contributed by atoms with Gasteiger partial charge in [-0.25, -0.2) is 4.79 Å². The largest absolute Gasteiger partial charge is 0.465 e. The van der Waals surface area contributed by atoms with E-state index in [1.54, 1.807) is 23.1 Å². The molecule has 6 heteroatoms. The summed E-state index contributed by atoms with van der Waals surface area (Å²) in [6.45, 7) is 0.502. The minimum Gasteiger partial charge on any atom is -0.465 e. The molecule has 1 heterocycles. The summed E-state index contributed by atoms with van der Waals surface area (Å²) >= 11 is 7.65. The van der Waals surface area contributed by atoms with Gasteiger partial charge in [-0.05, 0) is 18.2 Å². The number of hydrogen-bond acceptors (Lipinski definition) is 4. The number of carbonyl (C=O) groups is 2. The SMILES string of the molecule is COC(=O)c1ccc(Br)cc1N1CC(S)CC1=O. The van der Waals surface area contributed by atoms with Crippen molar-refractivity contribution in [3.8, 4) is 0 Å². The molecule has 0 bridgehead atoms. The fourth-order valence-corrected chi connectivity index (χ4v) is 2.60. The number of rotatable bonds is 2. The second-order valence-corrected chi connectivity index (χ2v) is 5.66. The predicted octanol–water partition coefficient (Wildman–Crippen LogP) is 2.27. The molecule has 0 spiro atoms. The Morgan fingerprint density at radius 1 is 1.56 bits per heavy atom. The summed E-state index contributed by atoms with van der Waals surface area (Å²) in [5, 5.41) is 0.00183. The quantitative estimate of drug-likeness (QED) is 0.668. The minimum absolute atomic E-state index is 0.00183. The highest BCUT2D eigenvalue weighted by Gasteiger charge is 2.31. The van der Waals surface area contributed by atoms with Crippen LogP contribution in [0.3, 0.4) is 0 Å². The zero-order valence-corrected chi connectivity index (χ0v) is 12.2. The maximum absolute atomic E-state index is 11.9. The van der Waals surface area contributed by atoms with Gasteiger partial charge >= 0.3 is 5.97 Å². The maximum Gasteiger partial charge on any atom is 0.339 e. The zero-order valence-electron chi connectivity index (χ0n) is 9.72. The van der Waals surface area contributed by atoms with Gasteiger partial charge in [0.15, 0.2) is 0 Å². The Bertz CT molecular complexity index is 506. The van der Waals surface area contributed by atoms with E-state index in [4.69, 9.17) is 4.74 Å². The monoisotopic (exact) mass is 329 g/mol. The molecular formula is C12H12BrNO3S. The first kappa shape index (κ1) is 13.4. The second kappa shape index (κ2) is 5.32. The summed E-state index contributed by atoms with van der Waals surface area (Å²) in [5.41, 5.74) is 0.953. The van der Waals surface area contributed by atoms with Gasteiger partial charge < -0.3 is 9.64 Å². The first-order valence-electron chi connectivity index (χ1n) is 5.39. The molecule has 1 aliphatic rings. The van der Waals surface area contributed by atoms with Gasteiger partial charge in [0.05, 0.1) is 18.4 Å². The van der Waals surface area contributed by atoms with Crippen molar-refractivity contribution in [3.05, 3.63) is 28.2 Å². The van der Waals surface area contributed by atoms with Crippen molar-refractivity contribution < 1.29 is 14.3 Å². The Labute approximate surface area is 119 Å². The van der Waals surface area contributed by atoms with Crippen LogP contribution in [0, 0.1) is 0 Å². The fraction of sp³-hybridized carbons (Fsp3) is 0.333. The smallest absolute Gasteiger partial charge is 0.339 e. The molecule has 18 heavy (non-hydrogen) atoms. The highest BCUT2D eigenvalue weighted by molar-refractivity contribution is 9.10. The van der Waals surface area contributed by atoms with E-state index in [0.717, 1.165) is 4.47 Å². The van der Waals surface area contributed by atoms with Crippen LogP contribution >= 0.6 is 28.6 Å². The number of anilines is 1. The molecule has 1 atom stereocenters. The Balaban J connectivity index is 2.45. The Kier molecular flexibility index (Phi) is 3.97. The third kappa shape index (κ3) is 2.54. The van der Waals surface area contributed by atoms with Crippen molar-refractivity contribution in [2.75, 3.05) is 18.6 Å². The van der Waals surface area contributed by atoms with E-state index in [9.17, 15) is 9.59 Å². The topological polar surface area (TPSA) is 46.6 Å². The fourth-order valence-electron chi connectivity index (χ4n) is 1.93. The Morgan fingerprint density at radius 2 is 2.28 bits per heavy atom. The molecule has 0 aromatic heterocycles. The number of thiol groups is 1. The molecule has 0 saturated carbocycles. The number of carbonyl (C=O) groups excluding carboxylic acids is 2. The van der Waals surface area contributed by atoms with Gasteiger partial charge in [-0.15, -0.1) is 0 Å². The van der Waals surface area contributed by atoms with E-state index in [-0.39, 0.29) is 11.2 Å². The van der Waals surface area contributed by atoms with Gasteiger partial charge in [-0.2, -0.15) is 12.6 Å². The minimum atomic E-state index is -0.451. The van der Waals surface area contributed by atoms with E-state index in [0.29, 0.717) is 24.2 Å². The van der Waals surface area contributed by atoms with E-state index >= 15 is 0 Å². The van der Waals surface area contributed by atoms with Crippen molar-refractivity contribution in [2.24, 2.45) is 0 Å². The number of methoxy groups -OCH3 is 1. The van der Waals surface area contributed by atoms with Gasteiger partial charge in [-0.1, -0.05) is 15.9 Å². The number of halogens is 1. The number of hydrogen-bond donors (Lipinski definition) is 1. The highest BCUT2D eigenvalue weighted by atomic mass is 79.9. The molecule has 1 saturated heterocycles. The second-order valence-electron chi connectivity index (χ2n) is 4.02. The van der Waals surface area contributed by atoms with Crippen LogP contribution in [-0.4, -0.2) is 30.8 Å². The summed E-state index contributed by atoms with van der Waals surface area (Å²) in [7, 11) is 1.32. The summed E-state index contributed by atoms with van der Waals surface area (Å²) < 4.78 is 5.53. The lowest BCUT2D eigenvalue weighted by molar-refractivity contribution is -0.117. The maximum atomic E-state index is 11.9. The van der Waals surface area contributed by atoms with Crippen LogP contribution < -0.4 is 4.90 Å². The van der Waals surface area contributed by atoms with Crippen molar-refractivity contribution >= 4 is 46.1 Å². The molecule has 0 aliphatic carbocycles. The molecule has 2 rings (SSSR count). The molecule has 1 fully saturated rings. The van der Waals surface area contributed by atoms with Crippen LogP contribution in [0.1, 0.15) is 16.8 Å². The van der Waals surface area contributed by atoms with Crippen LogP contribution in [0.2, 0.25) is 0 Å². The number of esters is 1. The number of amides is 1. The van der Waals surface area contributed by atoms with Crippen molar-refractivity contribution in [1.82, 2.24) is 0 Å². The van der Waals surface area contributed by atoms with Crippen LogP contribution in [-0.2, 0) is 9.53 Å². The van der Waals surface area contributed by atoms with Gasteiger partial charge in [-0.3, -0.25) is 4.79 Å². The van der Waals surface area contributed by atoms with Crippen LogP contribution in [0.15, 0.2) is 22.7 Å². The van der Waals surface area contributed by atoms with Crippen LogP contribution in [0.5, 0.6) is 0 Å². The summed E-state index contributed by atoms with van der Waals surface area (Å²) in [6.07, 6.45) is 0.385. The first-order chi connectivity index (χ1) is 8.52. The lowest BCUT2D eigenvalue weighted by atomic mass is 10.1. The third-order valence-electron chi connectivity index (χ3n) is 2.76. The Hall–Kier alpha value is -1.01. The van der Waals surface area contributed by atoms with Gasteiger partial charge in [0.25, 0.3) is 0 Å². The molecule has 1 aliphatic heterocycles. The highest BCUT2D eigenvalue weighted by Crippen LogP contribution is 2.30. The predicted molar refractivity (Wildman–Crippen MR) is 75.2 cm³/mol. The molecular weight excluding hydrogens is 318 g/mol. The van der Waals surface area contributed by atoms with Gasteiger partial charge in [0, 0.05) is 22.7 Å². The van der Waals surface area contributed by atoms with Gasteiger partial charge in [0.2, 0.25) is 5.91 Å². The summed E-state index contributed by atoms with van der Waals surface area (Å²) in [5.74, 6) is -0.480. The Morgan fingerprint density at radius 3 is 2.83 bits per heavy atom. The molecule has 4 nitrogen and oxygen atoms in total. The average Bonchev–Trinajstić information content (AvgIpc) is 2.67. The zero-order chi connectivity index (χ0) is 13.3. The van der Waals surface area contributed by atoms with E-state index < -0.39 is 5.97 Å². The average molecular weight is 330 g/mol. The first-order valence-corrected chi connectivity index (χ1v) is 6.70. The molecule has 1 amide bonds. The van der Waals surface area contributed by atoms with E-state index in [1.165, 1.54) is 7.11 Å².